The van der Waals surface area contributed by atoms with E-state index in [9.17, 15) is 9.90 Å². The van der Waals surface area contributed by atoms with Crippen molar-refractivity contribution in [2.24, 2.45) is 0 Å². The molecule has 0 spiro atoms. The van der Waals surface area contributed by atoms with Gasteiger partial charge in [-0.2, -0.15) is 5.26 Å². The van der Waals surface area contributed by atoms with Crippen LogP contribution in [0.2, 0.25) is 0 Å². The number of pyridine rings is 1. The zero-order chi connectivity index (χ0) is 15.0. The molecule has 0 unspecified atom stereocenters. The fourth-order valence-corrected chi connectivity index (χ4v) is 2.53. The number of benzene rings is 1. The molecule has 0 aliphatic heterocycles. The lowest BCUT2D eigenvalue weighted by molar-refractivity contribution is -0.140. The van der Waals surface area contributed by atoms with Gasteiger partial charge in [-0.25, -0.2) is 0 Å². The van der Waals surface area contributed by atoms with Crippen LogP contribution in [0.1, 0.15) is 29.5 Å². The largest absolute Gasteiger partial charge is 0.481 e. The molecule has 1 aromatic heterocycles. The summed E-state index contributed by atoms with van der Waals surface area (Å²) >= 11 is 0. The third-order valence-electron chi connectivity index (χ3n) is 4.14. The van der Waals surface area contributed by atoms with Gasteiger partial charge in [-0.05, 0) is 48.6 Å². The average molecular weight is 278 g/mol. The monoisotopic (exact) mass is 278 g/mol. The summed E-state index contributed by atoms with van der Waals surface area (Å²) in [5.74, 6) is -0.789. The number of carboxylic acid groups (broad SMARTS) is 1. The topological polar surface area (TPSA) is 74.0 Å². The number of rotatable bonds is 3. The Morgan fingerprint density at radius 1 is 1.29 bits per heavy atom. The number of nitrogens with zero attached hydrogens (tertiary/aromatic N) is 2. The Morgan fingerprint density at radius 2 is 2.05 bits per heavy atom. The van der Waals surface area contributed by atoms with Crippen LogP contribution in [0.4, 0.5) is 0 Å². The van der Waals surface area contributed by atoms with Crippen molar-refractivity contribution in [2.75, 3.05) is 0 Å². The van der Waals surface area contributed by atoms with E-state index in [2.05, 4.69) is 11.1 Å². The zero-order valence-corrected chi connectivity index (χ0v) is 11.6. The van der Waals surface area contributed by atoms with E-state index in [1.165, 1.54) is 0 Å². The van der Waals surface area contributed by atoms with Crippen molar-refractivity contribution >= 4 is 5.97 Å². The molecule has 0 radical (unpaired) electrons. The molecule has 0 bridgehead atoms. The van der Waals surface area contributed by atoms with Crippen LogP contribution in [0.3, 0.4) is 0 Å². The Hall–Kier alpha value is -2.67. The second-order valence-corrected chi connectivity index (χ2v) is 5.49. The lowest BCUT2D eigenvalue weighted by atomic mass is 9.94. The van der Waals surface area contributed by atoms with Gasteiger partial charge in [0.1, 0.15) is 0 Å². The van der Waals surface area contributed by atoms with Gasteiger partial charge in [0.25, 0.3) is 0 Å². The summed E-state index contributed by atoms with van der Waals surface area (Å²) in [6.07, 6.45) is 4.65. The number of aromatic nitrogens is 1. The first-order valence-electron chi connectivity index (χ1n) is 6.77. The molecule has 21 heavy (non-hydrogen) atoms. The summed E-state index contributed by atoms with van der Waals surface area (Å²) < 4.78 is 0. The third-order valence-corrected chi connectivity index (χ3v) is 4.14. The molecule has 1 aliphatic rings. The van der Waals surface area contributed by atoms with Crippen molar-refractivity contribution in [3.63, 3.8) is 0 Å². The van der Waals surface area contributed by atoms with Gasteiger partial charge in [0.2, 0.25) is 0 Å². The zero-order valence-electron chi connectivity index (χ0n) is 11.6. The molecule has 1 N–H and O–H groups in total. The Kier molecular flexibility index (Phi) is 2.99. The van der Waals surface area contributed by atoms with E-state index in [-0.39, 0.29) is 0 Å². The standard InChI is InChI=1S/C17H14N2O2/c1-11-2-3-12(6-13(11)8-18)14-7-15(10-19-9-14)17(4-5-17)16(20)21/h2-3,6-7,9-10H,4-5H2,1H3,(H,20,21). The van der Waals surface area contributed by atoms with E-state index in [0.717, 1.165) is 22.3 Å². The fraction of sp³-hybridized carbons (Fsp3) is 0.235. The minimum Gasteiger partial charge on any atom is -0.481 e. The maximum absolute atomic E-state index is 11.4. The predicted molar refractivity (Wildman–Crippen MR) is 77.7 cm³/mol. The summed E-state index contributed by atoms with van der Waals surface area (Å²) in [5, 5.41) is 18.5. The number of hydrogen-bond acceptors (Lipinski definition) is 3. The molecule has 0 atom stereocenters. The molecule has 1 heterocycles. The lowest BCUT2D eigenvalue weighted by Crippen LogP contribution is -2.19. The smallest absolute Gasteiger partial charge is 0.314 e. The van der Waals surface area contributed by atoms with Gasteiger partial charge >= 0.3 is 5.97 Å². The predicted octanol–water partition coefficient (Wildman–Crippen LogP) is 3.04. The van der Waals surface area contributed by atoms with E-state index in [1.807, 2.05) is 31.2 Å². The van der Waals surface area contributed by atoms with Gasteiger partial charge in [0, 0.05) is 18.0 Å². The van der Waals surface area contributed by atoms with Crippen LogP contribution in [0.5, 0.6) is 0 Å². The van der Waals surface area contributed by atoms with Crippen LogP contribution in [-0.4, -0.2) is 16.1 Å². The average Bonchev–Trinajstić information content (AvgIpc) is 3.30. The highest BCUT2D eigenvalue weighted by molar-refractivity contribution is 5.85. The molecule has 0 saturated heterocycles. The second kappa shape index (κ2) is 4.71. The molecule has 3 rings (SSSR count). The number of hydrogen-bond donors (Lipinski definition) is 1. The van der Waals surface area contributed by atoms with Crippen LogP contribution in [0.25, 0.3) is 11.1 Å². The van der Waals surface area contributed by atoms with Crippen molar-refractivity contribution in [2.45, 2.75) is 25.2 Å². The normalized spacial score (nSPS) is 15.2. The van der Waals surface area contributed by atoms with Crippen molar-refractivity contribution < 1.29 is 9.90 Å². The Labute approximate surface area is 122 Å². The van der Waals surface area contributed by atoms with Crippen molar-refractivity contribution in [1.29, 1.82) is 5.26 Å². The van der Waals surface area contributed by atoms with E-state index >= 15 is 0 Å². The van der Waals surface area contributed by atoms with Crippen molar-refractivity contribution in [3.05, 3.63) is 53.3 Å². The second-order valence-electron chi connectivity index (χ2n) is 5.49. The van der Waals surface area contributed by atoms with Crippen molar-refractivity contribution in [3.8, 4) is 17.2 Å². The molecule has 1 saturated carbocycles. The lowest BCUT2D eigenvalue weighted by Gasteiger charge is -2.11. The first-order valence-corrected chi connectivity index (χ1v) is 6.77. The number of aryl methyl sites for hydroxylation is 1. The molecule has 1 aliphatic carbocycles. The Balaban J connectivity index is 2.05. The first kappa shape index (κ1) is 13.3. The van der Waals surface area contributed by atoms with Crippen LogP contribution in [0.15, 0.2) is 36.7 Å². The molecule has 2 aromatic rings. The number of aliphatic carboxylic acids is 1. The van der Waals surface area contributed by atoms with Gasteiger partial charge in [0.05, 0.1) is 17.0 Å². The van der Waals surface area contributed by atoms with E-state index in [1.54, 1.807) is 12.4 Å². The fourth-order valence-electron chi connectivity index (χ4n) is 2.53. The van der Waals surface area contributed by atoms with Crippen molar-refractivity contribution in [1.82, 2.24) is 4.98 Å². The summed E-state index contributed by atoms with van der Waals surface area (Å²) in [7, 11) is 0. The maximum atomic E-state index is 11.4. The van der Waals surface area contributed by atoms with E-state index in [4.69, 9.17) is 5.26 Å². The summed E-state index contributed by atoms with van der Waals surface area (Å²) in [6, 6.07) is 9.68. The van der Waals surface area contributed by atoms with Gasteiger partial charge in [0.15, 0.2) is 0 Å². The van der Waals surface area contributed by atoms with E-state index in [0.29, 0.717) is 18.4 Å². The highest BCUT2D eigenvalue weighted by Gasteiger charge is 2.52. The molecule has 4 nitrogen and oxygen atoms in total. The minimum absolute atomic E-state index is 0.622. The Morgan fingerprint density at radius 3 is 2.67 bits per heavy atom. The highest BCUT2D eigenvalue weighted by Crippen LogP contribution is 2.48. The quantitative estimate of drug-likeness (QED) is 0.936. The molecule has 104 valence electrons. The molecule has 1 fully saturated rings. The van der Waals surface area contributed by atoms with Crippen LogP contribution in [0, 0.1) is 18.3 Å². The molecular formula is C17H14N2O2. The SMILES string of the molecule is Cc1ccc(-c2cncc(C3(C(=O)O)CC3)c2)cc1C#N. The molecule has 1 aromatic carbocycles. The molecule has 0 amide bonds. The first-order chi connectivity index (χ1) is 10.1. The number of carboxylic acids is 1. The number of nitriles is 1. The summed E-state index contributed by atoms with van der Waals surface area (Å²) in [4.78, 5) is 15.6. The van der Waals surface area contributed by atoms with E-state index < -0.39 is 11.4 Å². The van der Waals surface area contributed by atoms with Gasteiger partial charge in [-0.1, -0.05) is 12.1 Å². The van der Waals surface area contributed by atoms with Crippen LogP contribution in [-0.2, 0) is 10.2 Å². The van der Waals surface area contributed by atoms with Gasteiger partial charge in [-0.3, -0.25) is 9.78 Å². The van der Waals surface area contributed by atoms with Gasteiger partial charge < -0.3 is 5.11 Å². The maximum Gasteiger partial charge on any atom is 0.314 e. The highest BCUT2D eigenvalue weighted by atomic mass is 16.4. The Bertz CT molecular complexity index is 771. The molecule has 4 heteroatoms. The van der Waals surface area contributed by atoms with Gasteiger partial charge in [-0.15, -0.1) is 0 Å². The third kappa shape index (κ3) is 2.17. The summed E-state index contributed by atoms with van der Waals surface area (Å²) in [5.41, 5.74) is 3.26. The van der Waals surface area contributed by atoms with Crippen LogP contribution < -0.4 is 0 Å². The summed E-state index contributed by atoms with van der Waals surface area (Å²) in [6.45, 7) is 1.89. The molecular weight excluding hydrogens is 264 g/mol. The number of carbonyl (C=O) groups is 1. The minimum atomic E-state index is -0.789. The van der Waals surface area contributed by atoms with Crippen LogP contribution >= 0.6 is 0 Å².